The molecule has 2 aromatic rings. The molecule has 0 atom stereocenters. The van der Waals surface area contributed by atoms with Crippen molar-refractivity contribution in [2.75, 3.05) is 12.0 Å². The highest BCUT2D eigenvalue weighted by atomic mass is 32.2. The molecular formula is C16H14N2O2S. The Morgan fingerprint density at radius 3 is 2.38 bits per heavy atom. The lowest BCUT2D eigenvalue weighted by Crippen LogP contribution is -2.29. The van der Waals surface area contributed by atoms with Gasteiger partial charge < -0.3 is 5.73 Å². The minimum absolute atomic E-state index is 0.264. The number of benzene rings is 2. The molecule has 0 spiro atoms. The fraction of sp³-hybridized carbons (Fsp3) is 0.125. The molecule has 0 aromatic heterocycles. The van der Waals surface area contributed by atoms with Crippen LogP contribution in [0.2, 0.25) is 0 Å². The zero-order chi connectivity index (χ0) is 15.0. The van der Waals surface area contributed by atoms with Gasteiger partial charge in [-0.3, -0.25) is 14.5 Å². The summed E-state index contributed by atoms with van der Waals surface area (Å²) in [6.07, 6.45) is 2.00. The Hall–Kier alpha value is -2.27. The highest BCUT2D eigenvalue weighted by molar-refractivity contribution is 7.98. The summed E-state index contributed by atoms with van der Waals surface area (Å²) in [5.41, 5.74) is 7.80. The molecule has 3 rings (SSSR count). The first-order valence-corrected chi connectivity index (χ1v) is 7.72. The second kappa shape index (κ2) is 5.26. The van der Waals surface area contributed by atoms with Crippen molar-refractivity contribution < 1.29 is 9.59 Å². The number of anilines is 1. The standard InChI is InChI=1S/C16H14N2O2S/c1-21-11-7-5-10(6-8-11)9-18-15(19)12-3-2-4-13(17)14(12)16(18)20/h2-8H,9,17H2,1H3. The number of fused-ring (bicyclic) bond motifs is 1. The lowest BCUT2D eigenvalue weighted by atomic mass is 10.1. The number of nitrogens with zero attached hydrogens (tertiary/aromatic N) is 1. The smallest absolute Gasteiger partial charge is 0.263 e. The van der Waals surface area contributed by atoms with E-state index in [2.05, 4.69) is 0 Å². The molecule has 0 fully saturated rings. The molecule has 5 heteroatoms. The molecule has 0 radical (unpaired) electrons. The average molecular weight is 298 g/mol. The van der Waals surface area contributed by atoms with Crippen LogP contribution < -0.4 is 5.73 Å². The maximum absolute atomic E-state index is 12.4. The van der Waals surface area contributed by atoms with E-state index in [0.717, 1.165) is 10.5 Å². The fourth-order valence-corrected chi connectivity index (χ4v) is 2.83. The third kappa shape index (κ3) is 2.29. The Balaban J connectivity index is 1.89. The number of thioether (sulfide) groups is 1. The van der Waals surface area contributed by atoms with E-state index < -0.39 is 0 Å². The topological polar surface area (TPSA) is 63.4 Å². The van der Waals surface area contributed by atoms with Gasteiger partial charge in [0.15, 0.2) is 0 Å². The molecule has 1 heterocycles. The minimum Gasteiger partial charge on any atom is -0.398 e. The van der Waals surface area contributed by atoms with Gasteiger partial charge in [0.25, 0.3) is 11.8 Å². The maximum Gasteiger partial charge on any atom is 0.263 e. The van der Waals surface area contributed by atoms with Crippen LogP contribution in [0.4, 0.5) is 5.69 Å². The van der Waals surface area contributed by atoms with Gasteiger partial charge in [-0.15, -0.1) is 11.8 Å². The molecule has 0 unspecified atom stereocenters. The highest BCUT2D eigenvalue weighted by Crippen LogP contribution is 2.29. The Kier molecular flexibility index (Phi) is 3.43. The molecule has 0 aliphatic carbocycles. The van der Waals surface area contributed by atoms with Gasteiger partial charge in [-0.25, -0.2) is 0 Å². The number of amides is 2. The van der Waals surface area contributed by atoms with E-state index in [-0.39, 0.29) is 18.4 Å². The summed E-state index contributed by atoms with van der Waals surface area (Å²) in [5, 5.41) is 0. The molecule has 21 heavy (non-hydrogen) atoms. The molecule has 2 aromatic carbocycles. The number of nitrogens with two attached hydrogens (primary N) is 1. The number of carbonyl (C=O) groups is 2. The van der Waals surface area contributed by atoms with E-state index in [9.17, 15) is 9.59 Å². The van der Waals surface area contributed by atoms with Crippen molar-refractivity contribution in [3.63, 3.8) is 0 Å². The summed E-state index contributed by atoms with van der Waals surface area (Å²) in [5.74, 6) is -0.599. The largest absolute Gasteiger partial charge is 0.398 e. The summed E-state index contributed by atoms with van der Waals surface area (Å²) < 4.78 is 0. The van der Waals surface area contributed by atoms with E-state index in [0.29, 0.717) is 16.8 Å². The monoisotopic (exact) mass is 298 g/mol. The lowest BCUT2D eigenvalue weighted by Gasteiger charge is -2.14. The fourth-order valence-electron chi connectivity index (χ4n) is 2.42. The van der Waals surface area contributed by atoms with Crippen molar-refractivity contribution >= 4 is 29.3 Å². The summed E-state index contributed by atoms with van der Waals surface area (Å²) in [7, 11) is 0. The van der Waals surface area contributed by atoms with E-state index in [1.54, 1.807) is 30.0 Å². The van der Waals surface area contributed by atoms with Crippen LogP contribution in [0.5, 0.6) is 0 Å². The Morgan fingerprint density at radius 1 is 1.05 bits per heavy atom. The zero-order valence-corrected chi connectivity index (χ0v) is 12.3. The first-order chi connectivity index (χ1) is 10.1. The molecule has 2 amide bonds. The van der Waals surface area contributed by atoms with Gasteiger partial charge in [0.2, 0.25) is 0 Å². The summed E-state index contributed by atoms with van der Waals surface area (Å²) in [6.45, 7) is 0.264. The summed E-state index contributed by atoms with van der Waals surface area (Å²) >= 11 is 1.65. The SMILES string of the molecule is CSc1ccc(CN2C(=O)c3cccc(N)c3C2=O)cc1. The number of carbonyl (C=O) groups excluding carboxylic acids is 2. The van der Waals surface area contributed by atoms with Crippen LogP contribution in [-0.4, -0.2) is 23.0 Å². The van der Waals surface area contributed by atoms with Gasteiger partial charge in [-0.2, -0.15) is 0 Å². The van der Waals surface area contributed by atoms with E-state index in [1.807, 2.05) is 30.5 Å². The van der Waals surface area contributed by atoms with Crippen molar-refractivity contribution in [1.29, 1.82) is 0 Å². The van der Waals surface area contributed by atoms with E-state index in [1.165, 1.54) is 4.90 Å². The van der Waals surface area contributed by atoms with Crippen LogP contribution in [-0.2, 0) is 6.54 Å². The van der Waals surface area contributed by atoms with E-state index in [4.69, 9.17) is 5.73 Å². The predicted octanol–water partition coefficient (Wildman–Crippen LogP) is 2.79. The van der Waals surface area contributed by atoms with Crippen LogP contribution in [0, 0.1) is 0 Å². The van der Waals surface area contributed by atoms with Gasteiger partial charge in [0, 0.05) is 10.6 Å². The number of hydrogen-bond donors (Lipinski definition) is 1. The molecule has 0 bridgehead atoms. The van der Waals surface area contributed by atoms with Crippen LogP contribution in [0.15, 0.2) is 47.4 Å². The first kappa shape index (κ1) is 13.7. The highest BCUT2D eigenvalue weighted by Gasteiger charge is 2.36. The van der Waals surface area contributed by atoms with Gasteiger partial charge in [-0.05, 0) is 36.1 Å². The van der Waals surface area contributed by atoms with Gasteiger partial charge in [-0.1, -0.05) is 18.2 Å². The normalized spacial score (nSPS) is 13.7. The van der Waals surface area contributed by atoms with E-state index >= 15 is 0 Å². The molecule has 1 aliphatic heterocycles. The predicted molar refractivity (Wildman–Crippen MR) is 83.3 cm³/mol. The minimum atomic E-state index is -0.318. The third-order valence-corrected chi connectivity index (χ3v) is 4.27. The second-order valence-corrected chi connectivity index (χ2v) is 5.69. The summed E-state index contributed by atoms with van der Waals surface area (Å²) in [4.78, 5) is 27.1. The Labute approximate surface area is 126 Å². The average Bonchev–Trinajstić information content (AvgIpc) is 2.74. The molecule has 2 N–H and O–H groups in total. The number of hydrogen-bond acceptors (Lipinski definition) is 4. The van der Waals surface area contributed by atoms with Gasteiger partial charge in [0.1, 0.15) is 0 Å². The van der Waals surface area contributed by atoms with Crippen molar-refractivity contribution in [2.24, 2.45) is 0 Å². The van der Waals surface area contributed by atoms with Gasteiger partial charge in [0.05, 0.1) is 17.7 Å². The first-order valence-electron chi connectivity index (χ1n) is 6.49. The maximum atomic E-state index is 12.4. The quantitative estimate of drug-likeness (QED) is 0.537. The molecule has 0 saturated carbocycles. The Bertz CT molecular complexity index is 726. The van der Waals surface area contributed by atoms with Crippen LogP contribution in [0.25, 0.3) is 0 Å². The molecule has 4 nitrogen and oxygen atoms in total. The van der Waals surface area contributed by atoms with Crippen molar-refractivity contribution in [1.82, 2.24) is 4.90 Å². The van der Waals surface area contributed by atoms with Crippen molar-refractivity contribution in [3.8, 4) is 0 Å². The number of imide groups is 1. The molecule has 1 aliphatic rings. The molecule has 106 valence electrons. The van der Waals surface area contributed by atoms with Crippen molar-refractivity contribution in [3.05, 3.63) is 59.2 Å². The summed E-state index contributed by atoms with van der Waals surface area (Å²) in [6, 6.07) is 12.8. The zero-order valence-electron chi connectivity index (χ0n) is 11.5. The second-order valence-electron chi connectivity index (χ2n) is 4.81. The lowest BCUT2D eigenvalue weighted by molar-refractivity contribution is 0.0642. The third-order valence-electron chi connectivity index (χ3n) is 3.53. The van der Waals surface area contributed by atoms with Crippen molar-refractivity contribution in [2.45, 2.75) is 11.4 Å². The van der Waals surface area contributed by atoms with Crippen LogP contribution in [0.1, 0.15) is 26.3 Å². The number of rotatable bonds is 3. The van der Waals surface area contributed by atoms with Crippen LogP contribution in [0.3, 0.4) is 0 Å². The molecular weight excluding hydrogens is 284 g/mol. The van der Waals surface area contributed by atoms with Crippen LogP contribution >= 0.6 is 11.8 Å². The number of nitrogen functional groups attached to an aromatic ring is 1. The van der Waals surface area contributed by atoms with Gasteiger partial charge >= 0.3 is 0 Å². The molecule has 0 saturated heterocycles. The Morgan fingerprint density at radius 2 is 1.76 bits per heavy atom.